The number of likely N-dealkylation sites (tertiary alicyclic amines) is 1. The number of pyridine rings is 2. The van der Waals surface area contributed by atoms with E-state index in [-0.39, 0.29) is 30.1 Å². The van der Waals surface area contributed by atoms with Gasteiger partial charge < -0.3 is 23.5 Å². The lowest BCUT2D eigenvalue weighted by Gasteiger charge is -2.39. The van der Waals surface area contributed by atoms with Gasteiger partial charge in [-0.25, -0.2) is 14.8 Å². The molecule has 268 valence electrons. The van der Waals surface area contributed by atoms with Crippen LogP contribution >= 0.6 is 0 Å². The number of methoxy groups -OCH3 is 1. The summed E-state index contributed by atoms with van der Waals surface area (Å²) in [4.78, 5) is 45.1. The minimum absolute atomic E-state index is 0.103. The molecule has 2 amide bonds. The third kappa shape index (κ3) is 7.98. The van der Waals surface area contributed by atoms with E-state index in [1.165, 1.54) is 0 Å². The SMILES string of the molecule is CCCOC1CN(C(=O)O[C@H]2CC[C@H](C(=O)N(C[C@H]3CC[C@H](c4ccc(OC)c(C)n4)CC3)c3cc(-c4coc(C5CC5)n4)ccn3)CC2)C1. The molecule has 0 atom stereocenters. The van der Waals surface area contributed by atoms with Crippen LogP contribution in [0.2, 0.25) is 0 Å². The summed E-state index contributed by atoms with van der Waals surface area (Å²) in [6.45, 7) is 6.58. The summed E-state index contributed by atoms with van der Waals surface area (Å²) >= 11 is 0. The van der Waals surface area contributed by atoms with Crippen molar-refractivity contribution in [3.8, 4) is 17.0 Å². The van der Waals surface area contributed by atoms with E-state index < -0.39 is 0 Å². The van der Waals surface area contributed by atoms with Crippen LogP contribution in [-0.2, 0) is 14.3 Å². The molecule has 0 aromatic carbocycles. The molecule has 0 unspecified atom stereocenters. The predicted molar refractivity (Wildman–Crippen MR) is 188 cm³/mol. The Kier molecular flexibility index (Phi) is 10.7. The van der Waals surface area contributed by atoms with Crippen LogP contribution in [0.25, 0.3) is 11.3 Å². The van der Waals surface area contributed by atoms with E-state index in [0.717, 1.165) is 79.2 Å². The first-order valence-corrected chi connectivity index (χ1v) is 18.7. The Bertz CT molecular complexity index is 1620. The monoisotopic (exact) mass is 685 g/mol. The van der Waals surface area contributed by atoms with Gasteiger partial charge >= 0.3 is 6.09 Å². The van der Waals surface area contributed by atoms with Crippen LogP contribution < -0.4 is 9.64 Å². The number of rotatable bonds is 12. The highest BCUT2D eigenvalue weighted by Gasteiger charge is 2.37. The molecule has 11 heteroatoms. The summed E-state index contributed by atoms with van der Waals surface area (Å²) in [5.74, 6) is 3.40. The van der Waals surface area contributed by atoms with Gasteiger partial charge in [-0.05, 0) is 108 Å². The lowest BCUT2D eigenvalue weighted by molar-refractivity contribution is -0.124. The maximum absolute atomic E-state index is 14.4. The molecule has 3 saturated carbocycles. The zero-order chi connectivity index (χ0) is 34.6. The first kappa shape index (κ1) is 34.5. The molecule has 3 aliphatic carbocycles. The van der Waals surface area contributed by atoms with Crippen LogP contribution in [0, 0.1) is 18.8 Å². The van der Waals surface area contributed by atoms with Crippen LogP contribution in [0.4, 0.5) is 10.6 Å². The quantitative estimate of drug-likeness (QED) is 0.192. The van der Waals surface area contributed by atoms with Crippen molar-refractivity contribution in [3.05, 3.63) is 54.0 Å². The number of ether oxygens (including phenoxy) is 3. The standard InChI is InChI=1S/C39H51N5O6/c1-4-19-48-32-22-43(23-32)39(46)50-31-13-11-29(12-14-31)38(45)44(36-20-30(17-18-40-36)34-24-49-37(42-34)28-9-10-28)21-26-5-7-27(8-6-26)33-15-16-35(47-3)25(2)41-33/h15-18,20,24,26-29,31-32H,4-14,19,21-23H2,1-3H3/t26-,27-,29-,31-. The van der Waals surface area contributed by atoms with Crippen LogP contribution in [0.5, 0.6) is 5.75 Å². The van der Waals surface area contributed by atoms with Crippen molar-refractivity contribution in [2.45, 2.75) is 109 Å². The fourth-order valence-corrected chi connectivity index (χ4v) is 7.71. The van der Waals surface area contributed by atoms with Crippen molar-refractivity contribution >= 4 is 17.8 Å². The first-order valence-electron chi connectivity index (χ1n) is 18.7. The summed E-state index contributed by atoms with van der Waals surface area (Å²) in [5.41, 5.74) is 3.72. The number of anilines is 1. The molecule has 0 bridgehead atoms. The Labute approximate surface area is 295 Å². The molecule has 1 aliphatic heterocycles. The van der Waals surface area contributed by atoms with Gasteiger partial charge in [0.05, 0.1) is 32.0 Å². The zero-order valence-corrected chi connectivity index (χ0v) is 29.7. The number of nitrogens with zero attached hydrogens (tertiary/aromatic N) is 5. The second-order valence-corrected chi connectivity index (χ2v) is 14.7. The normalized spacial score (nSPS) is 24.0. The average molecular weight is 686 g/mol. The third-order valence-electron chi connectivity index (χ3n) is 11.0. The molecule has 11 nitrogen and oxygen atoms in total. The Morgan fingerprint density at radius 1 is 0.940 bits per heavy atom. The maximum Gasteiger partial charge on any atom is 0.410 e. The first-order chi connectivity index (χ1) is 24.4. The van der Waals surface area contributed by atoms with E-state index in [4.69, 9.17) is 33.6 Å². The minimum atomic E-state index is -0.271. The highest BCUT2D eigenvalue weighted by atomic mass is 16.6. The second kappa shape index (κ2) is 15.5. The van der Waals surface area contributed by atoms with E-state index in [9.17, 15) is 9.59 Å². The molecule has 4 fully saturated rings. The number of hydrogen-bond acceptors (Lipinski definition) is 9. The molecule has 1 saturated heterocycles. The minimum Gasteiger partial charge on any atom is -0.495 e. The third-order valence-corrected chi connectivity index (χ3v) is 11.0. The number of carbonyl (C=O) groups excluding carboxylic acids is 2. The Morgan fingerprint density at radius 2 is 1.70 bits per heavy atom. The maximum atomic E-state index is 14.4. The van der Waals surface area contributed by atoms with Gasteiger partial charge in [-0.2, -0.15) is 0 Å². The summed E-state index contributed by atoms with van der Waals surface area (Å²) in [6.07, 6.45) is 13.2. The Balaban J connectivity index is 1.00. The van der Waals surface area contributed by atoms with Crippen LogP contribution in [0.1, 0.15) is 107 Å². The van der Waals surface area contributed by atoms with Gasteiger partial charge in [0.15, 0.2) is 5.89 Å². The summed E-state index contributed by atoms with van der Waals surface area (Å²) in [6, 6.07) is 8.03. The molecule has 4 aliphatic rings. The number of oxazole rings is 1. The van der Waals surface area contributed by atoms with Crippen molar-refractivity contribution in [3.63, 3.8) is 0 Å². The molecule has 3 aromatic rings. The topological polar surface area (TPSA) is 120 Å². The fraction of sp³-hybridized carbons (Fsp3) is 0.615. The van der Waals surface area contributed by atoms with Gasteiger partial charge in [-0.15, -0.1) is 0 Å². The lowest BCUT2D eigenvalue weighted by Crippen LogP contribution is -2.55. The summed E-state index contributed by atoms with van der Waals surface area (Å²) in [7, 11) is 1.68. The average Bonchev–Trinajstić information content (AvgIpc) is 3.86. The van der Waals surface area contributed by atoms with Crippen molar-refractivity contribution in [1.82, 2.24) is 19.9 Å². The van der Waals surface area contributed by atoms with Crippen molar-refractivity contribution in [1.29, 1.82) is 0 Å². The van der Waals surface area contributed by atoms with Gasteiger partial charge in [0.2, 0.25) is 5.91 Å². The molecule has 4 heterocycles. The van der Waals surface area contributed by atoms with Gasteiger partial charge in [-0.1, -0.05) is 6.92 Å². The Morgan fingerprint density at radius 3 is 2.40 bits per heavy atom. The molecular weight excluding hydrogens is 634 g/mol. The van der Waals surface area contributed by atoms with Gasteiger partial charge in [-0.3, -0.25) is 14.7 Å². The van der Waals surface area contributed by atoms with E-state index in [0.29, 0.717) is 75.5 Å². The lowest BCUT2D eigenvalue weighted by atomic mass is 9.79. The fourth-order valence-electron chi connectivity index (χ4n) is 7.71. The molecule has 0 spiro atoms. The highest BCUT2D eigenvalue weighted by molar-refractivity contribution is 5.94. The van der Waals surface area contributed by atoms with Gasteiger partial charge in [0, 0.05) is 48.4 Å². The zero-order valence-electron chi connectivity index (χ0n) is 29.7. The molecule has 50 heavy (non-hydrogen) atoms. The van der Waals surface area contributed by atoms with Crippen LogP contribution in [0.15, 0.2) is 41.1 Å². The van der Waals surface area contributed by atoms with Crippen LogP contribution in [0.3, 0.4) is 0 Å². The van der Waals surface area contributed by atoms with E-state index in [1.807, 2.05) is 30.0 Å². The van der Waals surface area contributed by atoms with Crippen molar-refractivity contribution in [2.24, 2.45) is 11.8 Å². The molecule has 7 rings (SSSR count). The smallest absolute Gasteiger partial charge is 0.410 e. The number of carbonyl (C=O) groups is 2. The molecule has 0 radical (unpaired) electrons. The van der Waals surface area contributed by atoms with E-state index in [2.05, 4.69) is 13.0 Å². The molecular formula is C39H51N5O6. The number of amides is 2. The second-order valence-electron chi connectivity index (χ2n) is 14.7. The number of aromatic nitrogens is 3. The highest BCUT2D eigenvalue weighted by Crippen LogP contribution is 2.41. The molecule has 3 aromatic heterocycles. The van der Waals surface area contributed by atoms with E-state index in [1.54, 1.807) is 24.5 Å². The number of aryl methyl sites for hydroxylation is 1. The summed E-state index contributed by atoms with van der Waals surface area (Å²) in [5, 5.41) is 0. The van der Waals surface area contributed by atoms with E-state index >= 15 is 0 Å². The summed E-state index contributed by atoms with van der Waals surface area (Å²) < 4.78 is 22.8. The van der Waals surface area contributed by atoms with Crippen LogP contribution in [-0.4, -0.2) is 77.4 Å². The van der Waals surface area contributed by atoms with Crippen molar-refractivity contribution in [2.75, 3.05) is 38.3 Å². The van der Waals surface area contributed by atoms with Gasteiger partial charge in [0.1, 0.15) is 29.6 Å². The number of hydrogen-bond donors (Lipinski definition) is 0. The Hall–Kier alpha value is -3.99. The van der Waals surface area contributed by atoms with Crippen molar-refractivity contribution < 1.29 is 28.2 Å². The predicted octanol–water partition coefficient (Wildman–Crippen LogP) is 7.44. The largest absolute Gasteiger partial charge is 0.495 e. The molecule has 0 N–H and O–H groups in total. The van der Waals surface area contributed by atoms with Gasteiger partial charge in [0.25, 0.3) is 0 Å².